The van der Waals surface area contributed by atoms with Gasteiger partial charge in [0.15, 0.2) is 0 Å². The summed E-state index contributed by atoms with van der Waals surface area (Å²) in [6.07, 6.45) is 14.5. The largest absolute Gasteiger partial charge is 0.341 e. The number of imidazole rings is 2. The number of nitrogens with one attached hydrogen (secondary N) is 4. The lowest BCUT2D eigenvalue weighted by Gasteiger charge is -2.28. The first-order valence-corrected chi connectivity index (χ1v) is 16.5. The zero-order chi connectivity index (χ0) is 28.4. The number of fused-ring (bicyclic) bond motifs is 3. The van der Waals surface area contributed by atoms with Gasteiger partial charge in [-0.1, -0.05) is 55.3 Å². The number of aromatic nitrogens is 4. The standard InChI is InChI=1S/C37H40N6/c1-2-17-37(16-1)18-15-28-26(23-7-9-24(10-8-23)33-22-40-35(43-33)30-5-3-19-38-30)12-13-27(34(28)37)25-11-14-29-32(21-25)42-36(41-29)31-6-4-20-39-31/h7-14,21-22,30-31,38-39H,1-6,15-20H2,(H,40,43)(H,41,42). The maximum absolute atomic E-state index is 4.95. The summed E-state index contributed by atoms with van der Waals surface area (Å²) in [7, 11) is 0. The first-order chi connectivity index (χ1) is 21.2. The molecule has 0 amide bonds. The van der Waals surface area contributed by atoms with Gasteiger partial charge in [0.25, 0.3) is 0 Å². The van der Waals surface area contributed by atoms with Gasteiger partial charge in [0.2, 0.25) is 0 Å². The molecular weight excluding hydrogens is 528 g/mol. The van der Waals surface area contributed by atoms with E-state index in [0.717, 1.165) is 54.3 Å². The maximum Gasteiger partial charge on any atom is 0.124 e. The molecule has 2 aliphatic carbocycles. The smallest absolute Gasteiger partial charge is 0.124 e. The van der Waals surface area contributed by atoms with E-state index in [0.29, 0.717) is 17.5 Å². The van der Waals surface area contributed by atoms with E-state index >= 15 is 0 Å². The molecule has 0 bridgehead atoms. The van der Waals surface area contributed by atoms with Crippen LogP contribution in [0.2, 0.25) is 0 Å². The Morgan fingerprint density at radius 2 is 1.40 bits per heavy atom. The van der Waals surface area contributed by atoms with Crippen molar-refractivity contribution in [2.45, 2.75) is 81.7 Å². The van der Waals surface area contributed by atoms with Crippen LogP contribution in [0, 0.1) is 0 Å². The molecule has 6 heteroatoms. The Balaban J connectivity index is 1.09. The van der Waals surface area contributed by atoms with Gasteiger partial charge in [-0.2, -0.15) is 0 Å². The normalized spacial score (nSPS) is 22.7. The SMILES string of the molecule is c1cc(-c2ccc(-c3ccc4nc(C5CCCN5)[nH]c4c3)c3c2CCC32CCCC2)ccc1-c1cnc(C2CCCN2)[nH]1. The second-order valence-corrected chi connectivity index (χ2v) is 13.4. The lowest BCUT2D eigenvalue weighted by molar-refractivity contribution is 0.440. The van der Waals surface area contributed by atoms with Crippen molar-refractivity contribution < 1.29 is 0 Å². The summed E-state index contributed by atoms with van der Waals surface area (Å²) < 4.78 is 0. The van der Waals surface area contributed by atoms with Gasteiger partial charge in [-0.15, -0.1) is 0 Å². The number of hydrogen-bond donors (Lipinski definition) is 4. The molecule has 43 heavy (non-hydrogen) atoms. The zero-order valence-electron chi connectivity index (χ0n) is 24.8. The van der Waals surface area contributed by atoms with Crippen molar-refractivity contribution in [2.75, 3.05) is 13.1 Å². The van der Waals surface area contributed by atoms with Crippen molar-refractivity contribution >= 4 is 11.0 Å². The summed E-state index contributed by atoms with van der Waals surface area (Å²) in [5.41, 5.74) is 13.5. The van der Waals surface area contributed by atoms with Gasteiger partial charge in [-0.05, 0) is 121 Å². The molecule has 5 aromatic rings. The summed E-state index contributed by atoms with van der Waals surface area (Å²) in [6, 6.07) is 21.6. The Kier molecular flexibility index (Phi) is 6.09. The van der Waals surface area contributed by atoms with E-state index in [9.17, 15) is 0 Å². The van der Waals surface area contributed by atoms with Crippen molar-refractivity contribution in [3.63, 3.8) is 0 Å². The van der Waals surface area contributed by atoms with Crippen molar-refractivity contribution in [3.8, 4) is 33.5 Å². The minimum Gasteiger partial charge on any atom is -0.341 e. The number of rotatable bonds is 5. The van der Waals surface area contributed by atoms with Crippen molar-refractivity contribution in [1.82, 2.24) is 30.6 Å². The van der Waals surface area contributed by atoms with Crippen LogP contribution >= 0.6 is 0 Å². The fourth-order valence-corrected chi connectivity index (χ4v) is 8.75. The van der Waals surface area contributed by atoms with Crippen LogP contribution in [0.15, 0.2) is 60.8 Å². The Morgan fingerprint density at radius 3 is 2.16 bits per heavy atom. The Labute approximate surface area is 253 Å². The van der Waals surface area contributed by atoms with Gasteiger partial charge in [0.1, 0.15) is 11.6 Å². The van der Waals surface area contributed by atoms with Crippen LogP contribution in [0.25, 0.3) is 44.5 Å². The molecule has 4 aliphatic rings. The summed E-state index contributed by atoms with van der Waals surface area (Å²) in [6.45, 7) is 2.16. The summed E-state index contributed by atoms with van der Waals surface area (Å²) in [5, 5.41) is 7.14. The Bertz CT molecular complexity index is 1790. The molecule has 1 spiro atoms. The van der Waals surface area contributed by atoms with E-state index in [1.807, 2.05) is 6.20 Å². The molecule has 3 fully saturated rings. The number of aromatic amines is 2. The average molecular weight is 569 g/mol. The number of H-pyrrole nitrogens is 2. The fraction of sp³-hybridized carbons (Fsp3) is 0.405. The number of nitrogens with zero attached hydrogens (tertiary/aromatic N) is 2. The third-order valence-electron chi connectivity index (χ3n) is 11.0. The quantitative estimate of drug-likeness (QED) is 0.174. The molecule has 2 aromatic heterocycles. The van der Waals surface area contributed by atoms with Crippen molar-refractivity contribution in [1.29, 1.82) is 0 Å². The number of benzene rings is 3. The predicted molar refractivity (Wildman–Crippen MR) is 173 cm³/mol. The summed E-state index contributed by atoms with van der Waals surface area (Å²) >= 11 is 0. The first-order valence-electron chi connectivity index (χ1n) is 16.5. The molecule has 4 N–H and O–H groups in total. The van der Waals surface area contributed by atoms with Crippen LogP contribution in [-0.2, 0) is 11.8 Å². The van der Waals surface area contributed by atoms with E-state index in [4.69, 9.17) is 9.97 Å². The molecule has 3 aromatic carbocycles. The number of hydrogen-bond acceptors (Lipinski definition) is 4. The molecule has 4 heterocycles. The molecule has 2 unspecified atom stereocenters. The topological polar surface area (TPSA) is 81.4 Å². The van der Waals surface area contributed by atoms with Gasteiger partial charge in [0.05, 0.1) is 35.0 Å². The summed E-state index contributed by atoms with van der Waals surface area (Å²) in [5.74, 6) is 2.15. The van der Waals surface area contributed by atoms with Crippen LogP contribution < -0.4 is 10.6 Å². The van der Waals surface area contributed by atoms with Crippen LogP contribution in [0.4, 0.5) is 0 Å². The van der Waals surface area contributed by atoms with E-state index in [2.05, 4.69) is 75.2 Å². The maximum atomic E-state index is 4.95. The molecule has 2 atom stereocenters. The molecule has 218 valence electrons. The highest BCUT2D eigenvalue weighted by Gasteiger charge is 2.43. The highest BCUT2D eigenvalue weighted by Crippen LogP contribution is 2.55. The van der Waals surface area contributed by atoms with E-state index in [1.165, 1.54) is 79.2 Å². The van der Waals surface area contributed by atoms with Crippen molar-refractivity contribution in [3.05, 3.63) is 83.6 Å². The minimum atomic E-state index is 0.323. The third-order valence-corrected chi connectivity index (χ3v) is 11.0. The van der Waals surface area contributed by atoms with Gasteiger partial charge < -0.3 is 20.6 Å². The lowest BCUT2D eigenvalue weighted by atomic mass is 9.76. The van der Waals surface area contributed by atoms with Gasteiger partial charge in [-0.3, -0.25) is 0 Å². The van der Waals surface area contributed by atoms with Crippen molar-refractivity contribution in [2.24, 2.45) is 0 Å². The molecule has 0 radical (unpaired) electrons. The van der Waals surface area contributed by atoms with Crippen LogP contribution in [0.1, 0.15) is 92.6 Å². The zero-order valence-corrected chi connectivity index (χ0v) is 24.8. The lowest BCUT2D eigenvalue weighted by Crippen LogP contribution is -2.19. The molecule has 2 saturated heterocycles. The van der Waals surface area contributed by atoms with E-state index in [-0.39, 0.29) is 0 Å². The van der Waals surface area contributed by atoms with Crippen LogP contribution in [-0.4, -0.2) is 33.0 Å². The monoisotopic (exact) mass is 568 g/mol. The van der Waals surface area contributed by atoms with Gasteiger partial charge in [-0.25, -0.2) is 9.97 Å². The minimum absolute atomic E-state index is 0.323. The predicted octanol–water partition coefficient (Wildman–Crippen LogP) is 7.89. The molecular formula is C37H40N6. The molecule has 2 aliphatic heterocycles. The van der Waals surface area contributed by atoms with E-state index < -0.39 is 0 Å². The summed E-state index contributed by atoms with van der Waals surface area (Å²) in [4.78, 5) is 16.9. The second-order valence-electron chi connectivity index (χ2n) is 13.4. The average Bonchev–Trinajstić information content (AvgIpc) is 3.89. The van der Waals surface area contributed by atoms with Gasteiger partial charge in [0, 0.05) is 0 Å². The molecule has 6 nitrogen and oxygen atoms in total. The molecule has 1 saturated carbocycles. The highest BCUT2D eigenvalue weighted by atomic mass is 15.0. The fourth-order valence-electron chi connectivity index (χ4n) is 8.75. The van der Waals surface area contributed by atoms with Crippen LogP contribution in [0.3, 0.4) is 0 Å². The Hall–Kier alpha value is -3.74. The third kappa shape index (κ3) is 4.29. The van der Waals surface area contributed by atoms with Gasteiger partial charge >= 0.3 is 0 Å². The second kappa shape index (κ2) is 10.2. The molecule has 9 rings (SSSR count). The van der Waals surface area contributed by atoms with E-state index in [1.54, 1.807) is 11.1 Å². The Morgan fingerprint density at radius 1 is 0.674 bits per heavy atom. The first kappa shape index (κ1) is 25.7. The van der Waals surface area contributed by atoms with Crippen LogP contribution in [0.5, 0.6) is 0 Å². The highest BCUT2D eigenvalue weighted by molar-refractivity contribution is 5.86.